The summed E-state index contributed by atoms with van der Waals surface area (Å²) < 4.78 is 25.4. The summed E-state index contributed by atoms with van der Waals surface area (Å²) in [4.78, 5) is 11.5. The monoisotopic (exact) mass is 267 g/mol. The minimum absolute atomic E-state index is 0.278. The molecule has 0 radical (unpaired) electrons. The topological polar surface area (TPSA) is 63.2 Å². The molecule has 1 saturated carbocycles. The predicted molar refractivity (Wildman–Crippen MR) is 68.9 cm³/mol. The molecular weight excluding hydrogens is 250 g/mol. The van der Waals surface area contributed by atoms with Crippen molar-refractivity contribution in [3.05, 3.63) is 29.8 Å². The number of benzene rings is 1. The van der Waals surface area contributed by atoms with Gasteiger partial charge in [-0.15, -0.1) is 0 Å². The van der Waals surface area contributed by atoms with Crippen LogP contribution < -0.4 is 4.72 Å². The Morgan fingerprint density at radius 1 is 1.11 bits per heavy atom. The smallest absolute Gasteiger partial charge is 0.240 e. The first-order chi connectivity index (χ1) is 8.53. The fourth-order valence-corrected chi connectivity index (χ4v) is 3.04. The minimum Gasteiger partial charge on any atom is -0.300 e. The van der Waals surface area contributed by atoms with Crippen LogP contribution in [0.5, 0.6) is 0 Å². The van der Waals surface area contributed by atoms with E-state index in [0.717, 1.165) is 18.4 Å². The Bertz CT molecular complexity index is 524. The molecule has 1 aromatic rings. The third kappa shape index (κ3) is 2.79. The number of carbonyl (C=O) groups excluding carboxylic acids is 1. The van der Waals surface area contributed by atoms with E-state index in [1.807, 2.05) is 12.1 Å². The third-order valence-electron chi connectivity index (χ3n) is 3.47. The highest BCUT2D eigenvalue weighted by atomic mass is 32.2. The molecule has 4 nitrogen and oxygen atoms in total. The lowest BCUT2D eigenvalue weighted by molar-refractivity contribution is -0.120. The Morgan fingerprint density at radius 3 is 2.17 bits per heavy atom. The van der Waals surface area contributed by atoms with Crippen LogP contribution in [-0.2, 0) is 14.8 Å². The molecule has 2 rings (SSSR count). The number of ketones is 1. The second-order valence-electron chi connectivity index (χ2n) is 4.59. The minimum atomic E-state index is -3.36. The molecular formula is C13H17NO3S. The molecule has 1 aliphatic rings. The fourth-order valence-electron chi connectivity index (χ4n) is 2.31. The van der Waals surface area contributed by atoms with Crippen LogP contribution in [0, 0.1) is 0 Å². The maximum absolute atomic E-state index is 11.6. The summed E-state index contributed by atoms with van der Waals surface area (Å²) in [5, 5.41) is 0. The molecule has 0 heterocycles. The molecule has 0 bridgehead atoms. The Kier molecular flexibility index (Phi) is 3.82. The molecule has 0 amide bonds. The molecule has 1 N–H and O–H groups in total. The van der Waals surface area contributed by atoms with Gasteiger partial charge in [0, 0.05) is 12.8 Å². The van der Waals surface area contributed by atoms with E-state index in [9.17, 15) is 13.2 Å². The predicted octanol–water partition coefficient (Wildman–Crippen LogP) is 1.82. The van der Waals surface area contributed by atoms with Crippen molar-refractivity contribution < 1.29 is 13.2 Å². The van der Waals surface area contributed by atoms with Gasteiger partial charge in [-0.1, -0.05) is 12.1 Å². The fraction of sp³-hybridized carbons (Fsp3) is 0.462. The SMILES string of the molecule is CNS(=O)(=O)c1ccc(C2CCC(=O)CC2)cc1. The molecule has 1 fully saturated rings. The summed E-state index contributed by atoms with van der Waals surface area (Å²) in [5.74, 6) is 0.717. The molecule has 5 heteroatoms. The second-order valence-corrected chi connectivity index (χ2v) is 6.48. The van der Waals surface area contributed by atoms with Gasteiger partial charge >= 0.3 is 0 Å². The number of nitrogens with one attached hydrogen (secondary N) is 1. The Labute approximate surface area is 107 Å². The van der Waals surface area contributed by atoms with E-state index in [0.29, 0.717) is 24.5 Å². The Morgan fingerprint density at radius 2 is 1.67 bits per heavy atom. The van der Waals surface area contributed by atoms with Gasteiger partial charge in [-0.3, -0.25) is 4.79 Å². The number of hydrogen-bond donors (Lipinski definition) is 1. The zero-order valence-electron chi connectivity index (χ0n) is 10.3. The van der Waals surface area contributed by atoms with Crippen LogP contribution in [0.1, 0.15) is 37.2 Å². The van der Waals surface area contributed by atoms with E-state index in [-0.39, 0.29) is 4.90 Å². The average molecular weight is 267 g/mol. The van der Waals surface area contributed by atoms with Crippen molar-refractivity contribution in [1.29, 1.82) is 0 Å². The summed E-state index contributed by atoms with van der Waals surface area (Å²) in [7, 11) is -1.96. The first kappa shape index (κ1) is 13.2. The van der Waals surface area contributed by atoms with Crippen LogP contribution in [0.15, 0.2) is 29.2 Å². The normalized spacial score (nSPS) is 17.9. The van der Waals surface area contributed by atoms with Crippen LogP contribution in [0.2, 0.25) is 0 Å². The highest BCUT2D eigenvalue weighted by molar-refractivity contribution is 7.89. The van der Waals surface area contributed by atoms with Gasteiger partial charge in [0.15, 0.2) is 0 Å². The molecule has 18 heavy (non-hydrogen) atoms. The summed E-state index contributed by atoms with van der Waals surface area (Å²) in [6.45, 7) is 0. The Balaban J connectivity index is 2.15. The molecule has 0 saturated heterocycles. The van der Waals surface area contributed by atoms with Crippen molar-refractivity contribution in [2.24, 2.45) is 0 Å². The zero-order valence-corrected chi connectivity index (χ0v) is 11.2. The molecule has 0 aliphatic heterocycles. The lowest BCUT2D eigenvalue weighted by atomic mass is 9.83. The molecule has 0 spiro atoms. The molecule has 98 valence electrons. The van der Waals surface area contributed by atoms with Gasteiger partial charge < -0.3 is 0 Å². The maximum Gasteiger partial charge on any atom is 0.240 e. The summed E-state index contributed by atoms with van der Waals surface area (Å²) in [5.41, 5.74) is 1.12. The van der Waals surface area contributed by atoms with E-state index in [2.05, 4.69) is 4.72 Å². The molecule has 0 unspecified atom stereocenters. The van der Waals surface area contributed by atoms with E-state index in [1.54, 1.807) is 12.1 Å². The summed E-state index contributed by atoms with van der Waals surface area (Å²) in [6.07, 6.45) is 3.02. The van der Waals surface area contributed by atoms with Crippen LogP contribution in [0.4, 0.5) is 0 Å². The maximum atomic E-state index is 11.6. The molecule has 1 aromatic carbocycles. The standard InChI is InChI=1S/C13H17NO3S/c1-14-18(16,17)13-8-4-11(5-9-13)10-2-6-12(15)7-3-10/h4-5,8-10,14H,2-3,6-7H2,1H3. The summed E-state index contributed by atoms with van der Waals surface area (Å²) >= 11 is 0. The first-order valence-corrected chi connectivity index (χ1v) is 7.56. The first-order valence-electron chi connectivity index (χ1n) is 6.08. The van der Waals surface area contributed by atoms with E-state index >= 15 is 0 Å². The number of Topliss-reactive ketones (excluding diaryl/α,β-unsaturated/α-hetero) is 1. The van der Waals surface area contributed by atoms with E-state index in [1.165, 1.54) is 7.05 Å². The van der Waals surface area contributed by atoms with Gasteiger partial charge in [0.25, 0.3) is 0 Å². The highest BCUT2D eigenvalue weighted by Gasteiger charge is 2.20. The molecule has 0 aromatic heterocycles. The number of sulfonamides is 1. The largest absolute Gasteiger partial charge is 0.300 e. The van der Waals surface area contributed by atoms with Gasteiger partial charge in [-0.05, 0) is 43.5 Å². The quantitative estimate of drug-likeness (QED) is 0.908. The second kappa shape index (κ2) is 5.20. The van der Waals surface area contributed by atoms with Crippen molar-refractivity contribution >= 4 is 15.8 Å². The van der Waals surface area contributed by atoms with Crippen LogP contribution >= 0.6 is 0 Å². The number of carbonyl (C=O) groups is 1. The van der Waals surface area contributed by atoms with Gasteiger partial charge in [0.05, 0.1) is 4.90 Å². The van der Waals surface area contributed by atoms with E-state index in [4.69, 9.17) is 0 Å². The Hall–Kier alpha value is -1.20. The van der Waals surface area contributed by atoms with Crippen molar-refractivity contribution in [3.8, 4) is 0 Å². The average Bonchev–Trinajstić information content (AvgIpc) is 2.40. The third-order valence-corrected chi connectivity index (χ3v) is 4.90. The lowest BCUT2D eigenvalue weighted by Gasteiger charge is -2.21. The number of hydrogen-bond acceptors (Lipinski definition) is 3. The summed E-state index contributed by atoms with van der Waals surface area (Å²) in [6, 6.07) is 6.95. The van der Waals surface area contributed by atoms with Gasteiger partial charge in [0.2, 0.25) is 10.0 Å². The van der Waals surface area contributed by atoms with Crippen molar-refractivity contribution in [1.82, 2.24) is 4.72 Å². The number of rotatable bonds is 3. The zero-order chi connectivity index (χ0) is 13.2. The van der Waals surface area contributed by atoms with Crippen LogP contribution in [0.3, 0.4) is 0 Å². The van der Waals surface area contributed by atoms with Crippen molar-refractivity contribution in [3.63, 3.8) is 0 Å². The van der Waals surface area contributed by atoms with Gasteiger partial charge in [-0.2, -0.15) is 0 Å². The highest BCUT2D eigenvalue weighted by Crippen LogP contribution is 2.31. The molecule has 0 atom stereocenters. The van der Waals surface area contributed by atoms with Crippen molar-refractivity contribution in [2.75, 3.05) is 7.05 Å². The van der Waals surface area contributed by atoms with E-state index < -0.39 is 10.0 Å². The van der Waals surface area contributed by atoms with Crippen molar-refractivity contribution in [2.45, 2.75) is 36.5 Å². The lowest BCUT2D eigenvalue weighted by Crippen LogP contribution is -2.18. The van der Waals surface area contributed by atoms with Crippen LogP contribution in [0.25, 0.3) is 0 Å². The van der Waals surface area contributed by atoms with Gasteiger partial charge in [-0.25, -0.2) is 13.1 Å². The van der Waals surface area contributed by atoms with Gasteiger partial charge in [0.1, 0.15) is 5.78 Å². The van der Waals surface area contributed by atoms with Crippen LogP contribution in [-0.4, -0.2) is 21.2 Å². The molecule has 1 aliphatic carbocycles.